The number of pyridine rings is 1. The Hall–Kier alpha value is -6.39. The Morgan fingerprint density at radius 2 is 1.78 bits per heavy atom. The maximum Gasteiger partial charge on any atom is 0.261 e. The van der Waals surface area contributed by atoms with Crippen molar-refractivity contribution in [1.82, 2.24) is 30.1 Å². The fraction of sp³-hybridized carbons (Fsp3) is 0.357. The van der Waals surface area contributed by atoms with Crippen molar-refractivity contribution in [3.63, 3.8) is 0 Å². The fourth-order valence-corrected chi connectivity index (χ4v) is 6.43. The van der Waals surface area contributed by atoms with Crippen molar-refractivity contribution >= 4 is 53.1 Å². The van der Waals surface area contributed by atoms with Gasteiger partial charge in [0.2, 0.25) is 18.3 Å². The number of hydrogen-bond donors (Lipinski definition) is 5. The Morgan fingerprint density at radius 1 is 1.03 bits per heavy atom. The molecule has 0 aliphatic carbocycles. The van der Waals surface area contributed by atoms with Crippen LogP contribution in [0.4, 0.5) is 29.0 Å². The van der Waals surface area contributed by atoms with Crippen molar-refractivity contribution in [3.8, 4) is 5.75 Å². The van der Waals surface area contributed by atoms with Gasteiger partial charge in [-0.25, -0.2) is 9.97 Å². The van der Waals surface area contributed by atoms with Gasteiger partial charge in [-0.2, -0.15) is 4.98 Å². The van der Waals surface area contributed by atoms with Gasteiger partial charge in [-0.3, -0.25) is 29.0 Å². The Labute approximate surface area is 338 Å². The van der Waals surface area contributed by atoms with E-state index in [4.69, 9.17) is 10.5 Å². The molecule has 0 spiro atoms. The molecule has 1 aliphatic rings. The standard InChI is InChI=1S/C42H52N10O6/c1-6-18-44-39(55)33-26-45-41(49-38(33)48-36-11-8-10-35(47-36)42(4,5)57)46-29-12-14-30(15-13-29)51-22-20-50(21-23-51)19-9-24-58-31-16-17-32(28(3)25-31)40(56)52(27-53)34(7-2)37(43)54/h6,8,10-17,25-27,34,57H,1,7,9,18-24H2,2-5H3,(H2,43,54)(H,44,55)(H2,45,46,47,48,49). The summed E-state index contributed by atoms with van der Waals surface area (Å²) in [5.41, 5.74) is 7.72. The van der Waals surface area contributed by atoms with Gasteiger partial charge < -0.3 is 36.4 Å². The number of carbonyl (C=O) groups excluding carboxylic acids is 4. The van der Waals surface area contributed by atoms with E-state index in [0.29, 0.717) is 41.4 Å². The molecule has 2 aromatic heterocycles. The van der Waals surface area contributed by atoms with Crippen LogP contribution in [0.15, 0.2) is 79.5 Å². The van der Waals surface area contributed by atoms with E-state index in [1.165, 1.54) is 6.20 Å². The van der Waals surface area contributed by atoms with E-state index in [9.17, 15) is 24.3 Å². The number of piperazine rings is 1. The van der Waals surface area contributed by atoms with Crippen LogP contribution in [0.5, 0.6) is 5.75 Å². The number of amides is 4. The van der Waals surface area contributed by atoms with Crippen LogP contribution in [0.3, 0.4) is 0 Å². The molecule has 1 atom stereocenters. The minimum atomic E-state index is -1.16. The van der Waals surface area contributed by atoms with E-state index in [1.54, 1.807) is 70.2 Å². The van der Waals surface area contributed by atoms with E-state index < -0.39 is 23.5 Å². The number of aromatic nitrogens is 3. The zero-order valence-corrected chi connectivity index (χ0v) is 33.4. The Bertz CT molecular complexity index is 2080. The summed E-state index contributed by atoms with van der Waals surface area (Å²) in [6.45, 7) is 15.6. The summed E-state index contributed by atoms with van der Waals surface area (Å²) in [6.07, 6.45) is 4.43. The van der Waals surface area contributed by atoms with Crippen LogP contribution in [0.1, 0.15) is 65.6 Å². The smallest absolute Gasteiger partial charge is 0.261 e. The highest BCUT2D eigenvalue weighted by molar-refractivity contribution is 6.04. The number of hydrogen-bond acceptors (Lipinski definition) is 13. The molecular weight excluding hydrogens is 741 g/mol. The van der Waals surface area contributed by atoms with Gasteiger partial charge in [0.25, 0.3) is 11.8 Å². The van der Waals surface area contributed by atoms with Crippen LogP contribution in [0.25, 0.3) is 0 Å². The molecule has 4 amide bonds. The Morgan fingerprint density at radius 3 is 2.41 bits per heavy atom. The lowest BCUT2D eigenvalue weighted by molar-refractivity contribution is -0.128. The van der Waals surface area contributed by atoms with Crippen LogP contribution in [-0.2, 0) is 15.2 Å². The molecule has 0 saturated carbocycles. The highest BCUT2D eigenvalue weighted by Crippen LogP contribution is 2.26. The molecule has 1 aliphatic heterocycles. The monoisotopic (exact) mass is 792 g/mol. The quantitative estimate of drug-likeness (QED) is 0.0512. The number of aliphatic hydroxyl groups is 1. The number of imide groups is 1. The van der Waals surface area contributed by atoms with E-state index in [0.717, 1.165) is 55.4 Å². The summed E-state index contributed by atoms with van der Waals surface area (Å²) in [4.78, 5) is 68.4. The second-order valence-electron chi connectivity index (χ2n) is 14.4. The van der Waals surface area contributed by atoms with E-state index in [2.05, 4.69) is 47.3 Å². The Balaban J connectivity index is 1.11. The van der Waals surface area contributed by atoms with Gasteiger partial charge >= 0.3 is 0 Å². The van der Waals surface area contributed by atoms with Gasteiger partial charge in [-0.15, -0.1) is 6.58 Å². The second kappa shape index (κ2) is 19.7. The molecule has 1 fully saturated rings. The molecule has 16 nitrogen and oxygen atoms in total. The number of benzene rings is 2. The van der Waals surface area contributed by atoms with Gasteiger partial charge in [0.1, 0.15) is 34.6 Å². The van der Waals surface area contributed by atoms with Crippen LogP contribution in [0.2, 0.25) is 0 Å². The number of nitrogens with one attached hydrogen (secondary N) is 3. The largest absolute Gasteiger partial charge is 0.494 e. The fourth-order valence-electron chi connectivity index (χ4n) is 6.43. The van der Waals surface area contributed by atoms with E-state index >= 15 is 0 Å². The molecule has 5 rings (SSSR count). The third-order valence-corrected chi connectivity index (χ3v) is 9.64. The molecule has 2 aromatic carbocycles. The number of nitrogens with zero attached hydrogens (tertiary/aromatic N) is 6. The number of ether oxygens (including phenoxy) is 1. The van der Waals surface area contributed by atoms with Crippen LogP contribution < -0.4 is 31.3 Å². The molecule has 58 heavy (non-hydrogen) atoms. The summed E-state index contributed by atoms with van der Waals surface area (Å²) in [7, 11) is 0. The number of nitrogens with two attached hydrogens (primary N) is 1. The maximum absolute atomic E-state index is 13.0. The first-order valence-corrected chi connectivity index (χ1v) is 19.2. The average molecular weight is 793 g/mol. The summed E-state index contributed by atoms with van der Waals surface area (Å²) >= 11 is 0. The lowest BCUT2D eigenvalue weighted by Crippen LogP contribution is -2.47. The number of primary amides is 1. The number of carbonyl (C=O) groups is 4. The third kappa shape index (κ3) is 11.1. The zero-order valence-electron chi connectivity index (χ0n) is 33.4. The van der Waals surface area contributed by atoms with Crippen molar-refractivity contribution < 1.29 is 29.0 Å². The van der Waals surface area contributed by atoms with Crippen LogP contribution in [0, 0.1) is 6.92 Å². The summed E-state index contributed by atoms with van der Waals surface area (Å²) in [5, 5.41) is 19.5. The van der Waals surface area contributed by atoms with Gasteiger partial charge in [0.05, 0.1) is 12.3 Å². The average Bonchev–Trinajstić information content (AvgIpc) is 3.20. The second-order valence-corrected chi connectivity index (χ2v) is 14.4. The predicted octanol–water partition coefficient (Wildman–Crippen LogP) is 4.26. The number of anilines is 5. The minimum absolute atomic E-state index is 0.221. The number of rotatable bonds is 19. The van der Waals surface area contributed by atoms with Crippen molar-refractivity contribution in [2.75, 3.05) is 61.4 Å². The lowest BCUT2D eigenvalue weighted by Gasteiger charge is -2.36. The number of aryl methyl sites for hydroxylation is 1. The normalized spacial score (nSPS) is 13.6. The van der Waals surface area contributed by atoms with Gasteiger partial charge in [-0.1, -0.05) is 19.1 Å². The first kappa shape index (κ1) is 42.7. The van der Waals surface area contributed by atoms with Crippen molar-refractivity contribution in [2.24, 2.45) is 5.73 Å². The third-order valence-electron chi connectivity index (χ3n) is 9.64. The minimum Gasteiger partial charge on any atom is -0.494 e. The molecular formula is C42H52N10O6. The van der Waals surface area contributed by atoms with Crippen molar-refractivity contribution in [2.45, 2.75) is 52.2 Å². The topological polar surface area (TPSA) is 208 Å². The molecule has 16 heteroatoms. The van der Waals surface area contributed by atoms with Gasteiger partial charge in [0, 0.05) is 62.4 Å². The predicted molar refractivity (Wildman–Crippen MR) is 223 cm³/mol. The molecule has 3 heterocycles. The molecule has 0 bridgehead atoms. The zero-order chi connectivity index (χ0) is 41.8. The maximum atomic E-state index is 13.0. The summed E-state index contributed by atoms with van der Waals surface area (Å²) in [6, 6.07) is 17.3. The van der Waals surface area contributed by atoms with Crippen LogP contribution >= 0.6 is 0 Å². The summed E-state index contributed by atoms with van der Waals surface area (Å²) < 4.78 is 5.97. The molecule has 1 saturated heterocycles. The van der Waals surface area contributed by atoms with E-state index in [1.807, 2.05) is 24.3 Å². The van der Waals surface area contributed by atoms with Crippen LogP contribution in [-0.4, -0.2) is 106 Å². The molecule has 1 unspecified atom stereocenters. The van der Waals surface area contributed by atoms with Gasteiger partial charge in [-0.05, 0) is 93.8 Å². The molecule has 4 aromatic rings. The first-order valence-electron chi connectivity index (χ1n) is 19.2. The van der Waals surface area contributed by atoms with Crippen molar-refractivity contribution in [1.29, 1.82) is 0 Å². The lowest BCUT2D eigenvalue weighted by atomic mass is 10.1. The highest BCUT2D eigenvalue weighted by Gasteiger charge is 2.28. The Kier molecular flexibility index (Phi) is 14.5. The summed E-state index contributed by atoms with van der Waals surface area (Å²) in [5.74, 6) is -0.131. The molecule has 306 valence electrons. The highest BCUT2D eigenvalue weighted by atomic mass is 16.5. The van der Waals surface area contributed by atoms with Crippen molar-refractivity contribution in [3.05, 3.63) is 102 Å². The molecule has 6 N–H and O–H groups in total. The SMILES string of the molecule is C=CCNC(=O)c1cnc(Nc2ccc(N3CCN(CCCOc4ccc(C(=O)N(C=O)C(CC)C(N)=O)c(C)c4)CC3)cc2)nc1Nc1cccc(C(C)(C)O)n1. The first-order chi connectivity index (χ1) is 27.8. The van der Waals surface area contributed by atoms with E-state index in [-0.39, 0.29) is 36.2 Å². The molecule has 0 radical (unpaired) electrons. The van der Waals surface area contributed by atoms with Gasteiger partial charge in [0.15, 0.2) is 0 Å².